The SMILES string of the molecule is Cc1cc(C)c2sc(N(Cc3cccnc3)C(=O)C3CCN(S(=O)(=O)c4cc(F)ccc4F)CC3)nc2c1. The van der Waals surface area contributed by atoms with Crippen molar-refractivity contribution in [2.24, 2.45) is 5.92 Å². The number of fused-ring (bicyclic) bond motifs is 1. The lowest BCUT2D eigenvalue weighted by molar-refractivity contribution is -0.123. The highest BCUT2D eigenvalue weighted by molar-refractivity contribution is 7.89. The van der Waals surface area contributed by atoms with Gasteiger partial charge in [0.1, 0.15) is 16.5 Å². The lowest BCUT2D eigenvalue weighted by Crippen LogP contribution is -2.44. The van der Waals surface area contributed by atoms with E-state index in [0.717, 1.165) is 43.3 Å². The van der Waals surface area contributed by atoms with Gasteiger partial charge in [-0.25, -0.2) is 22.2 Å². The molecule has 1 fully saturated rings. The Morgan fingerprint density at radius 2 is 1.89 bits per heavy atom. The number of sulfonamides is 1. The third-order valence-electron chi connectivity index (χ3n) is 6.68. The minimum atomic E-state index is -4.24. The minimum Gasteiger partial charge on any atom is -0.283 e. The molecule has 1 saturated heterocycles. The Bertz CT molecular complexity index is 1600. The van der Waals surface area contributed by atoms with Crippen LogP contribution in [0.2, 0.25) is 0 Å². The summed E-state index contributed by atoms with van der Waals surface area (Å²) in [4.78, 5) is 23.8. The van der Waals surface area contributed by atoms with Gasteiger partial charge in [0.05, 0.1) is 16.8 Å². The zero-order chi connectivity index (χ0) is 27.0. The fourth-order valence-corrected chi connectivity index (χ4v) is 7.34. The van der Waals surface area contributed by atoms with E-state index in [2.05, 4.69) is 11.1 Å². The number of nitrogens with zero attached hydrogens (tertiary/aromatic N) is 4. The average Bonchev–Trinajstić information content (AvgIpc) is 3.33. The first-order valence-electron chi connectivity index (χ1n) is 12.2. The van der Waals surface area contributed by atoms with E-state index in [4.69, 9.17) is 4.98 Å². The summed E-state index contributed by atoms with van der Waals surface area (Å²) in [6.45, 7) is 4.34. The van der Waals surface area contributed by atoms with Crippen LogP contribution in [0, 0.1) is 31.4 Å². The third-order valence-corrected chi connectivity index (χ3v) is 9.83. The normalized spacial score (nSPS) is 15.2. The second-order valence-corrected chi connectivity index (χ2v) is 12.3. The molecule has 0 bridgehead atoms. The topological polar surface area (TPSA) is 83.5 Å². The van der Waals surface area contributed by atoms with Crippen LogP contribution in [0.1, 0.15) is 29.5 Å². The van der Waals surface area contributed by atoms with Crippen molar-refractivity contribution >= 4 is 42.6 Å². The Labute approximate surface area is 223 Å². The highest BCUT2D eigenvalue weighted by Crippen LogP contribution is 2.35. The van der Waals surface area contributed by atoms with Gasteiger partial charge >= 0.3 is 0 Å². The number of aromatic nitrogens is 2. The summed E-state index contributed by atoms with van der Waals surface area (Å²) >= 11 is 1.45. The monoisotopic (exact) mass is 556 g/mol. The van der Waals surface area contributed by atoms with E-state index >= 15 is 0 Å². The van der Waals surface area contributed by atoms with Gasteiger partial charge in [-0.3, -0.25) is 14.7 Å². The fourth-order valence-electron chi connectivity index (χ4n) is 4.77. The maximum Gasteiger partial charge on any atom is 0.246 e. The minimum absolute atomic E-state index is 0.0214. The number of rotatable bonds is 6. The summed E-state index contributed by atoms with van der Waals surface area (Å²) < 4.78 is 56.0. The van der Waals surface area contributed by atoms with Crippen molar-refractivity contribution in [2.75, 3.05) is 18.0 Å². The van der Waals surface area contributed by atoms with Crippen LogP contribution in [0.5, 0.6) is 0 Å². The van der Waals surface area contributed by atoms with Gasteiger partial charge in [-0.15, -0.1) is 0 Å². The maximum atomic E-state index is 14.2. The van der Waals surface area contributed by atoms with E-state index in [1.54, 1.807) is 23.4 Å². The largest absolute Gasteiger partial charge is 0.283 e. The Morgan fingerprint density at radius 3 is 2.61 bits per heavy atom. The number of hydrogen-bond donors (Lipinski definition) is 0. The first-order chi connectivity index (χ1) is 18.1. The zero-order valence-electron chi connectivity index (χ0n) is 20.9. The van der Waals surface area contributed by atoms with Crippen LogP contribution in [0.25, 0.3) is 10.2 Å². The summed E-state index contributed by atoms with van der Waals surface area (Å²) in [5.41, 5.74) is 3.83. The van der Waals surface area contributed by atoms with Crippen LogP contribution in [0.4, 0.5) is 13.9 Å². The van der Waals surface area contributed by atoms with Gasteiger partial charge in [0, 0.05) is 31.4 Å². The molecule has 7 nitrogen and oxygen atoms in total. The number of thiazole rings is 1. The zero-order valence-corrected chi connectivity index (χ0v) is 22.5. The summed E-state index contributed by atoms with van der Waals surface area (Å²) in [5, 5.41) is 0.569. The van der Waals surface area contributed by atoms with E-state index in [1.807, 2.05) is 26.0 Å². The van der Waals surface area contributed by atoms with Crippen LogP contribution in [-0.4, -0.2) is 41.7 Å². The molecular formula is C27H26F2N4O3S2. The van der Waals surface area contributed by atoms with Crippen LogP contribution < -0.4 is 4.90 Å². The number of carbonyl (C=O) groups is 1. The summed E-state index contributed by atoms with van der Waals surface area (Å²) in [6.07, 6.45) is 3.87. The Hall–Kier alpha value is -3.28. The van der Waals surface area contributed by atoms with Gasteiger partial charge in [-0.2, -0.15) is 4.31 Å². The smallest absolute Gasteiger partial charge is 0.246 e. The van der Waals surface area contributed by atoms with Gasteiger partial charge in [0.15, 0.2) is 5.13 Å². The molecule has 2 aromatic heterocycles. The molecule has 1 amide bonds. The van der Waals surface area contributed by atoms with Crippen molar-refractivity contribution < 1.29 is 22.0 Å². The second-order valence-electron chi connectivity index (χ2n) is 9.47. The molecule has 0 atom stereocenters. The van der Waals surface area contributed by atoms with Gasteiger partial charge in [-0.05, 0) is 73.7 Å². The van der Waals surface area contributed by atoms with Crippen LogP contribution in [0.15, 0.2) is 59.8 Å². The first-order valence-corrected chi connectivity index (χ1v) is 14.4. The van der Waals surface area contributed by atoms with E-state index in [9.17, 15) is 22.0 Å². The molecule has 198 valence electrons. The van der Waals surface area contributed by atoms with E-state index in [-0.39, 0.29) is 38.4 Å². The number of amides is 1. The van der Waals surface area contributed by atoms with Gasteiger partial charge in [0.2, 0.25) is 15.9 Å². The van der Waals surface area contributed by atoms with Crippen molar-refractivity contribution in [3.05, 3.63) is 83.2 Å². The highest BCUT2D eigenvalue weighted by Gasteiger charge is 2.36. The quantitative estimate of drug-likeness (QED) is 0.325. The number of aryl methyl sites for hydroxylation is 2. The number of pyridine rings is 1. The predicted molar refractivity (Wildman–Crippen MR) is 142 cm³/mol. The number of anilines is 1. The summed E-state index contributed by atoms with van der Waals surface area (Å²) in [7, 11) is -4.24. The molecule has 0 radical (unpaired) electrons. The predicted octanol–water partition coefficient (Wildman–Crippen LogP) is 5.22. The number of benzene rings is 2. The molecule has 4 aromatic rings. The van der Waals surface area contributed by atoms with Crippen molar-refractivity contribution in [3.8, 4) is 0 Å². The number of carbonyl (C=O) groups excluding carboxylic acids is 1. The van der Waals surface area contributed by atoms with Crippen molar-refractivity contribution in [1.29, 1.82) is 0 Å². The molecule has 0 unspecified atom stereocenters. The lowest BCUT2D eigenvalue weighted by atomic mass is 9.96. The maximum absolute atomic E-state index is 14.2. The molecule has 11 heteroatoms. The van der Waals surface area contributed by atoms with Gasteiger partial charge < -0.3 is 0 Å². The van der Waals surface area contributed by atoms with E-state index < -0.39 is 32.5 Å². The fraction of sp³-hybridized carbons (Fsp3) is 0.296. The number of piperidine rings is 1. The molecule has 0 aliphatic carbocycles. The first kappa shape index (κ1) is 26.3. The molecule has 1 aliphatic rings. The standard InChI is InChI=1S/C27H26F2N4O3S2/c1-17-12-18(2)25-23(13-17)31-27(37-25)33(16-19-4-3-9-30-15-19)26(34)20-7-10-32(11-8-20)38(35,36)24-14-21(28)5-6-22(24)29/h3-6,9,12-15,20H,7-8,10-11,16H2,1-2H3. The molecule has 38 heavy (non-hydrogen) atoms. The van der Waals surface area contributed by atoms with Gasteiger partial charge in [0.25, 0.3) is 0 Å². The van der Waals surface area contributed by atoms with E-state index in [1.165, 1.54) is 11.3 Å². The molecule has 0 saturated carbocycles. The van der Waals surface area contributed by atoms with E-state index in [0.29, 0.717) is 11.2 Å². The Morgan fingerprint density at radius 1 is 1.13 bits per heavy atom. The molecular weight excluding hydrogens is 530 g/mol. The number of halogens is 2. The van der Waals surface area contributed by atoms with Gasteiger partial charge in [-0.1, -0.05) is 23.5 Å². The molecule has 5 rings (SSSR count). The second kappa shape index (κ2) is 10.5. The third kappa shape index (κ3) is 5.18. The van der Waals surface area contributed by atoms with Crippen LogP contribution in [-0.2, 0) is 21.4 Å². The molecule has 2 aromatic carbocycles. The van der Waals surface area contributed by atoms with Crippen molar-refractivity contribution in [1.82, 2.24) is 14.3 Å². The van der Waals surface area contributed by atoms with Crippen LogP contribution >= 0.6 is 11.3 Å². The number of hydrogen-bond acceptors (Lipinski definition) is 6. The summed E-state index contributed by atoms with van der Waals surface area (Å²) in [6, 6.07) is 10.1. The Balaban J connectivity index is 1.40. The van der Waals surface area contributed by atoms with Crippen molar-refractivity contribution in [3.63, 3.8) is 0 Å². The highest BCUT2D eigenvalue weighted by atomic mass is 32.2. The average molecular weight is 557 g/mol. The summed E-state index contributed by atoms with van der Waals surface area (Å²) in [5.74, 6) is -2.45. The molecule has 0 N–H and O–H groups in total. The lowest BCUT2D eigenvalue weighted by Gasteiger charge is -2.33. The molecule has 1 aliphatic heterocycles. The Kier molecular flexibility index (Phi) is 7.26. The molecule has 3 heterocycles. The molecule has 0 spiro atoms. The van der Waals surface area contributed by atoms with Crippen LogP contribution in [0.3, 0.4) is 0 Å². The van der Waals surface area contributed by atoms with Crippen molar-refractivity contribution in [2.45, 2.75) is 38.1 Å².